The smallest absolute Gasteiger partial charge is 0.341 e. The number of benzene rings is 2. The molecule has 0 aromatic heterocycles. The van der Waals surface area contributed by atoms with Crippen molar-refractivity contribution >= 4 is 23.3 Å². The quantitative estimate of drug-likeness (QED) is 0.515. The van der Waals surface area contributed by atoms with Gasteiger partial charge in [-0.15, -0.1) is 0 Å². The standard InChI is InChI=1S/C16H13FN2O5/c1-10(24-16(21)11-6-2-3-7-12(11)17)15(20)18-13-8-4-5-9-14(13)19(22)23/h2-10H,1H3,(H,18,20)/t10-/m0/s1. The van der Waals surface area contributed by atoms with Crippen LogP contribution in [0.25, 0.3) is 0 Å². The molecule has 0 heterocycles. The van der Waals surface area contributed by atoms with Crippen molar-refractivity contribution in [3.8, 4) is 0 Å². The maximum absolute atomic E-state index is 13.5. The molecule has 0 aliphatic rings. The van der Waals surface area contributed by atoms with Crippen molar-refractivity contribution in [2.24, 2.45) is 0 Å². The van der Waals surface area contributed by atoms with Gasteiger partial charge in [0, 0.05) is 6.07 Å². The second kappa shape index (κ2) is 7.32. The van der Waals surface area contributed by atoms with Crippen LogP contribution in [0, 0.1) is 15.9 Å². The van der Waals surface area contributed by atoms with Crippen LogP contribution < -0.4 is 5.32 Å². The lowest BCUT2D eigenvalue weighted by Gasteiger charge is -2.13. The van der Waals surface area contributed by atoms with Gasteiger partial charge in [0.15, 0.2) is 6.10 Å². The van der Waals surface area contributed by atoms with Crippen molar-refractivity contribution in [2.45, 2.75) is 13.0 Å². The first kappa shape index (κ1) is 17.1. The van der Waals surface area contributed by atoms with E-state index in [9.17, 15) is 24.1 Å². The summed E-state index contributed by atoms with van der Waals surface area (Å²) < 4.78 is 18.4. The largest absolute Gasteiger partial charge is 0.449 e. The maximum atomic E-state index is 13.5. The molecule has 0 aliphatic heterocycles. The SMILES string of the molecule is C[C@H](OC(=O)c1ccccc1F)C(=O)Nc1ccccc1[N+](=O)[O-]. The van der Waals surface area contributed by atoms with Crippen LogP contribution in [-0.2, 0) is 9.53 Å². The minimum Gasteiger partial charge on any atom is -0.449 e. The summed E-state index contributed by atoms with van der Waals surface area (Å²) in [5, 5.41) is 13.2. The van der Waals surface area contributed by atoms with Crippen molar-refractivity contribution < 1.29 is 23.6 Å². The summed E-state index contributed by atoms with van der Waals surface area (Å²) >= 11 is 0. The summed E-state index contributed by atoms with van der Waals surface area (Å²) in [6.07, 6.45) is -1.27. The average Bonchev–Trinajstić information content (AvgIpc) is 2.55. The molecule has 2 rings (SSSR count). The summed E-state index contributed by atoms with van der Waals surface area (Å²) in [7, 11) is 0. The predicted molar refractivity (Wildman–Crippen MR) is 83.0 cm³/mol. The van der Waals surface area contributed by atoms with Crippen LogP contribution in [0.2, 0.25) is 0 Å². The molecule has 24 heavy (non-hydrogen) atoms. The zero-order valence-corrected chi connectivity index (χ0v) is 12.6. The molecule has 7 nitrogen and oxygen atoms in total. The van der Waals surface area contributed by atoms with Gasteiger partial charge in [0.05, 0.1) is 10.5 Å². The zero-order valence-electron chi connectivity index (χ0n) is 12.6. The number of carbonyl (C=O) groups is 2. The molecule has 124 valence electrons. The van der Waals surface area contributed by atoms with Crippen molar-refractivity contribution in [1.82, 2.24) is 0 Å². The Bertz CT molecular complexity index is 794. The number of hydrogen-bond donors (Lipinski definition) is 1. The van der Waals surface area contributed by atoms with Crippen LogP contribution in [0.15, 0.2) is 48.5 Å². The summed E-state index contributed by atoms with van der Waals surface area (Å²) in [5.74, 6) is -2.54. The molecule has 1 atom stereocenters. The fourth-order valence-corrected chi connectivity index (χ4v) is 1.88. The van der Waals surface area contributed by atoms with Crippen molar-refractivity contribution in [2.75, 3.05) is 5.32 Å². The number of para-hydroxylation sites is 2. The molecule has 1 amide bonds. The van der Waals surface area contributed by atoms with Gasteiger partial charge in [-0.25, -0.2) is 9.18 Å². The van der Waals surface area contributed by atoms with Gasteiger partial charge in [-0.2, -0.15) is 0 Å². The van der Waals surface area contributed by atoms with Crippen LogP contribution in [0.3, 0.4) is 0 Å². The number of nitrogens with zero attached hydrogens (tertiary/aromatic N) is 1. The van der Waals surface area contributed by atoms with Crippen LogP contribution in [0.5, 0.6) is 0 Å². The van der Waals surface area contributed by atoms with Gasteiger partial charge >= 0.3 is 5.97 Å². The first-order valence-corrected chi connectivity index (χ1v) is 6.90. The van der Waals surface area contributed by atoms with E-state index in [0.29, 0.717) is 0 Å². The summed E-state index contributed by atoms with van der Waals surface area (Å²) in [6, 6.07) is 10.7. The number of nitro benzene ring substituents is 1. The van der Waals surface area contributed by atoms with Gasteiger partial charge in [0.25, 0.3) is 11.6 Å². The maximum Gasteiger partial charge on any atom is 0.341 e. The summed E-state index contributed by atoms with van der Waals surface area (Å²) in [5.41, 5.74) is -0.623. The number of amides is 1. The van der Waals surface area contributed by atoms with Crippen LogP contribution in [-0.4, -0.2) is 22.9 Å². The van der Waals surface area contributed by atoms with E-state index in [-0.39, 0.29) is 16.9 Å². The highest BCUT2D eigenvalue weighted by Gasteiger charge is 2.23. The molecular weight excluding hydrogens is 319 g/mol. The Morgan fingerprint density at radius 3 is 2.46 bits per heavy atom. The fourth-order valence-electron chi connectivity index (χ4n) is 1.88. The lowest BCUT2D eigenvalue weighted by molar-refractivity contribution is -0.383. The molecular formula is C16H13FN2O5. The number of rotatable bonds is 5. The topological polar surface area (TPSA) is 98.5 Å². The number of halogens is 1. The third kappa shape index (κ3) is 3.92. The molecule has 1 N–H and O–H groups in total. The van der Waals surface area contributed by atoms with Crippen LogP contribution >= 0.6 is 0 Å². The predicted octanol–water partition coefficient (Wildman–Crippen LogP) is 2.92. The molecule has 0 spiro atoms. The van der Waals surface area contributed by atoms with Gasteiger partial charge in [0.2, 0.25) is 0 Å². The molecule has 2 aromatic rings. The van der Waals surface area contributed by atoms with Crippen molar-refractivity contribution in [3.05, 3.63) is 70.0 Å². The second-order valence-corrected chi connectivity index (χ2v) is 4.79. The highest BCUT2D eigenvalue weighted by atomic mass is 19.1. The summed E-state index contributed by atoms with van der Waals surface area (Å²) in [4.78, 5) is 34.1. The minimum atomic E-state index is -1.27. The molecule has 8 heteroatoms. The van der Waals surface area contributed by atoms with E-state index < -0.39 is 28.7 Å². The average molecular weight is 332 g/mol. The Balaban J connectivity index is 2.07. The summed E-state index contributed by atoms with van der Waals surface area (Å²) in [6.45, 7) is 1.28. The van der Waals surface area contributed by atoms with E-state index in [1.807, 2.05) is 0 Å². The lowest BCUT2D eigenvalue weighted by Crippen LogP contribution is -2.30. The second-order valence-electron chi connectivity index (χ2n) is 4.79. The van der Waals surface area contributed by atoms with Gasteiger partial charge in [-0.3, -0.25) is 14.9 Å². The molecule has 0 saturated carbocycles. The number of ether oxygens (including phenoxy) is 1. The third-order valence-corrected chi connectivity index (χ3v) is 3.11. The Morgan fingerprint density at radius 2 is 1.79 bits per heavy atom. The van der Waals surface area contributed by atoms with Gasteiger partial charge in [-0.1, -0.05) is 24.3 Å². The third-order valence-electron chi connectivity index (χ3n) is 3.11. The number of nitro groups is 1. The molecule has 0 fully saturated rings. The highest BCUT2D eigenvalue weighted by molar-refractivity contribution is 5.98. The molecule has 0 saturated heterocycles. The van der Waals surface area contributed by atoms with Crippen molar-refractivity contribution in [1.29, 1.82) is 0 Å². The Hall–Kier alpha value is -3.29. The lowest BCUT2D eigenvalue weighted by atomic mass is 10.2. The minimum absolute atomic E-state index is 0.0266. The number of carbonyl (C=O) groups excluding carboxylic acids is 2. The van der Waals surface area contributed by atoms with E-state index >= 15 is 0 Å². The molecule has 0 bridgehead atoms. The Kier molecular flexibility index (Phi) is 5.20. The van der Waals surface area contributed by atoms with E-state index in [0.717, 1.165) is 6.07 Å². The van der Waals surface area contributed by atoms with Gasteiger partial charge in [-0.05, 0) is 25.1 Å². The Morgan fingerprint density at radius 1 is 1.17 bits per heavy atom. The number of hydrogen-bond acceptors (Lipinski definition) is 5. The first-order valence-electron chi connectivity index (χ1n) is 6.90. The first-order chi connectivity index (χ1) is 11.4. The Labute approximate surface area is 136 Å². The normalized spacial score (nSPS) is 11.4. The van der Waals surface area contributed by atoms with E-state index in [1.165, 1.54) is 49.4 Å². The molecule has 2 aromatic carbocycles. The number of nitrogens with one attached hydrogen (secondary N) is 1. The van der Waals surface area contributed by atoms with E-state index in [1.54, 1.807) is 0 Å². The van der Waals surface area contributed by atoms with Crippen LogP contribution in [0.1, 0.15) is 17.3 Å². The van der Waals surface area contributed by atoms with Gasteiger partial charge in [0.1, 0.15) is 11.5 Å². The monoisotopic (exact) mass is 332 g/mol. The molecule has 0 aliphatic carbocycles. The molecule has 0 radical (unpaired) electrons. The van der Waals surface area contributed by atoms with Gasteiger partial charge < -0.3 is 10.1 Å². The number of esters is 1. The zero-order chi connectivity index (χ0) is 17.7. The highest BCUT2D eigenvalue weighted by Crippen LogP contribution is 2.23. The van der Waals surface area contributed by atoms with Crippen LogP contribution in [0.4, 0.5) is 15.8 Å². The molecule has 0 unspecified atom stereocenters. The number of anilines is 1. The van der Waals surface area contributed by atoms with E-state index in [2.05, 4.69) is 5.32 Å². The van der Waals surface area contributed by atoms with E-state index in [4.69, 9.17) is 4.74 Å². The fraction of sp³-hybridized carbons (Fsp3) is 0.125. The van der Waals surface area contributed by atoms with Crippen molar-refractivity contribution in [3.63, 3.8) is 0 Å².